The van der Waals surface area contributed by atoms with Crippen molar-refractivity contribution in [2.45, 2.75) is 25.5 Å². The maximum atomic E-state index is 11.9. The predicted molar refractivity (Wildman–Crippen MR) is 83.9 cm³/mol. The summed E-state index contributed by atoms with van der Waals surface area (Å²) >= 11 is 4.83. The molecule has 1 amide bonds. The molecule has 20 heavy (non-hydrogen) atoms. The lowest BCUT2D eigenvalue weighted by Gasteiger charge is -2.07. The number of aromatic nitrogens is 3. The molecule has 0 bridgehead atoms. The third kappa shape index (κ3) is 3.83. The summed E-state index contributed by atoms with van der Waals surface area (Å²) in [6.45, 7) is 4.81. The van der Waals surface area contributed by atoms with Crippen molar-refractivity contribution in [1.29, 1.82) is 0 Å². The second-order valence-electron chi connectivity index (χ2n) is 4.20. The van der Waals surface area contributed by atoms with Crippen LogP contribution >= 0.6 is 27.7 Å². The van der Waals surface area contributed by atoms with Crippen molar-refractivity contribution in [1.82, 2.24) is 14.8 Å². The summed E-state index contributed by atoms with van der Waals surface area (Å²) in [7, 11) is 0. The first-order chi connectivity index (χ1) is 9.60. The number of aryl methyl sites for hydroxylation is 2. The van der Waals surface area contributed by atoms with Crippen LogP contribution in [0.1, 0.15) is 12.5 Å². The summed E-state index contributed by atoms with van der Waals surface area (Å²) in [5, 5.41) is 11.4. The number of carbonyl (C=O) groups is 1. The third-order valence-electron chi connectivity index (χ3n) is 2.71. The summed E-state index contributed by atoms with van der Waals surface area (Å²) in [6, 6.07) is 5.74. The van der Waals surface area contributed by atoms with Crippen LogP contribution in [0.5, 0.6) is 0 Å². The Balaban J connectivity index is 1.91. The number of carbonyl (C=O) groups excluding carboxylic acids is 1. The molecule has 0 saturated heterocycles. The zero-order valence-electron chi connectivity index (χ0n) is 11.3. The van der Waals surface area contributed by atoms with Gasteiger partial charge in [-0.3, -0.25) is 4.79 Å². The molecule has 1 aromatic carbocycles. The van der Waals surface area contributed by atoms with E-state index in [0.29, 0.717) is 5.75 Å². The Morgan fingerprint density at radius 3 is 3.00 bits per heavy atom. The molecule has 0 saturated carbocycles. The summed E-state index contributed by atoms with van der Waals surface area (Å²) in [6.07, 6.45) is 1.66. The number of rotatable bonds is 5. The minimum Gasteiger partial charge on any atom is -0.325 e. The average Bonchev–Trinajstić information content (AvgIpc) is 2.88. The van der Waals surface area contributed by atoms with Crippen LogP contribution in [-0.2, 0) is 11.3 Å². The Hall–Kier alpha value is -1.34. The molecule has 0 aliphatic rings. The fourth-order valence-electron chi connectivity index (χ4n) is 1.57. The van der Waals surface area contributed by atoms with Gasteiger partial charge >= 0.3 is 0 Å². The zero-order chi connectivity index (χ0) is 14.5. The van der Waals surface area contributed by atoms with E-state index in [1.54, 1.807) is 6.33 Å². The van der Waals surface area contributed by atoms with Crippen LogP contribution in [0.4, 0.5) is 5.69 Å². The van der Waals surface area contributed by atoms with E-state index in [4.69, 9.17) is 0 Å². The molecule has 2 rings (SSSR count). The summed E-state index contributed by atoms with van der Waals surface area (Å²) < 4.78 is 2.88. The van der Waals surface area contributed by atoms with Gasteiger partial charge in [0, 0.05) is 16.7 Å². The highest BCUT2D eigenvalue weighted by Crippen LogP contribution is 2.21. The third-order valence-corrected chi connectivity index (χ3v) is 4.54. The monoisotopic (exact) mass is 354 g/mol. The molecule has 0 radical (unpaired) electrons. The molecule has 0 spiro atoms. The molecular weight excluding hydrogens is 340 g/mol. The van der Waals surface area contributed by atoms with Crippen molar-refractivity contribution in [2.24, 2.45) is 0 Å². The van der Waals surface area contributed by atoms with Gasteiger partial charge in [0.15, 0.2) is 5.16 Å². The quantitative estimate of drug-likeness (QED) is 0.838. The Morgan fingerprint density at radius 2 is 2.30 bits per heavy atom. The molecule has 2 aromatic rings. The Morgan fingerprint density at radius 1 is 1.50 bits per heavy atom. The van der Waals surface area contributed by atoms with E-state index in [0.717, 1.165) is 27.4 Å². The first-order valence-electron chi connectivity index (χ1n) is 6.16. The lowest BCUT2D eigenvalue weighted by atomic mass is 10.2. The predicted octanol–water partition coefficient (Wildman–Crippen LogP) is 3.10. The van der Waals surface area contributed by atoms with Crippen LogP contribution in [0, 0.1) is 6.92 Å². The number of halogens is 1. The van der Waals surface area contributed by atoms with Gasteiger partial charge in [0.1, 0.15) is 6.33 Å². The zero-order valence-corrected chi connectivity index (χ0v) is 13.7. The molecule has 106 valence electrons. The molecule has 1 heterocycles. The van der Waals surface area contributed by atoms with Crippen LogP contribution in [0.2, 0.25) is 0 Å². The van der Waals surface area contributed by atoms with Crippen LogP contribution in [0.15, 0.2) is 34.2 Å². The standard InChI is InChI=1S/C13H15BrN4OS/c1-3-18-8-15-17-13(18)20-7-12(19)16-10-5-4-9(2)11(14)6-10/h4-6,8H,3,7H2,1-2H3,(H,16,19). The van der Waals surface area contributed by atoms with Gasteiger partial charge in [-0.2, -0.15) is 0 Å². The lowest BCUT2D eigenvalue weighted by molar-refractivity contribution is -0.113. The highest BCUT2D eigenvalue weighted by atomic mass is 79.9. The number of nitrogens with zero attached hydrogens (tertiary/aromatic N) is 3. The Labute approximate surface area is 130 Å². The second kappa shape index (κ2) is 6.90. The summed E-state index contributed by atoms with van der Waals surface area (Å²) in [5.41, 5.74) is 1.92. The van der Waals surface area contributed by atoms with E-state index in [9.17, 15) is 4.79 Å². The van der Waals surface area contributed by atoms with Crippen molar-refractivity contribution >= 4 is 39.3 Å². The molecule has 0 unspecified atom stereocenters. The van der Waals surface area contributed by atoms with Crippen molar-refractivity contribution < 1.29 is 4.79 Å². The van der Waals surface area contributed by atoms with Gasteiger partial charge < -0.3 is 9.88 Å². The van der Waals surface area contributed by atoms with E-state index in [1.165, 1.54) is 11.8 Å². The fraction of sp³-hybridized carbons (Fsp3) is 0.308. The molecule has 0 aliphatic heterocycles. The topological polar surface area (TPSA) is 59.8 Å². The molecular formula is C13H15BrN4OS. The normalized spacial score (nSPS) is 10.6. The van der Waals surface area contributed by atoms with Gasteiger partial charge in [-0.05, 0) is 31.5 Å². The first-order valence-corrected chi connectivity index (χ1v) is 7.94. The largest absolute Gasteiger partial charge is 0.325 e. The molecule has 0 fully saturated rings. The van der Waals surface area contributed by atoms with E-state index in [2.05, 4.69) is 31.4 Å². The first kappa shape index (κ1) is 15.1. The fourth-order valence-corrected chi connectivity index (χ4v) is 2.73. The smallest absolute Gasteiger partial charge is 0.234 e. The van der Waals surface area contributed by atoms with Crippen LogP contribution in [0.25, 0.3) is 0 Å². The van der Waals surface area contributed by atoms with E-state index in [-0.39, 0.29) is 5.91 Å². The van der Waals surface area contributed by atoms with Crippen molar-refractivity contribution in [3.8, 4) is 0 Å². The number of thioether (sulfide) groups is 1. The second-order valence-corrected chi connectivity index (χ2v) is 6.00. The van der Waals surface area contributed by atoms with Crippen LogP contribution in [0.3, 0.4) is 0 Å². The van der Waals surface area contributed by atoms with Crippen molar-refractivity contribution in [2.75, 3.05) is 11.1 Å². The molecule has 1 N–H and O–H groups in total. The maximum Gasteiger partial charge on any atom is 0.234 e. The number of benzene rings is 1. The molecule has 7 heteroatoms. The number of hydrogen-bond acceptors (Lipinski definition) is 4. The van der Waals surface area contributed by atoms with E-state index >= 15 is 0 Å². The molecule has 5 nitrogen and oxygen atoms in total. The number of anilines is 1. The highest BCUT2D eigenvalue weighted by Gasteiger charge is 2.08. The van der Waals surface area contributed by atoms with E-state index in [1.807, 2.05) is 36.6 Å². The van der Waals surface area contributed by atoms with Gasteiger partial charge in [0.2, 0.25) is 5.91 Å². The maximum absolute atomic E-state index is 11.9. The summed E-state index contributed by atoms with van der Waals surface area (Å²) in [4.78, 5) is 11.9. The molecule has 0 atom stereocenters. The minimum atomic E-state index is -0.0589. The van der Waals surface area contributed by atoms with Gasteiger partial charge in [0.05, 0.1) is 5.75 Å². The van der Waals surface area contributed by atoms with Gasteiger partial charge in [0.25, 0.3) is 0 Å². The number of hydrogen-bond donors (Lipinski definition) is 1. The van der Waals surface area contributed by atoms with Crippen LogP contribution < -0.4 is 5.32 Å². The van der Waals surface area contributed by atoms with E-state index < -0.39 is 0 Å². The Bertz CT molecular complexity index is 614. The Kier molecular flexibility index (Phi) is 5.19. The SMILES string of the molecule is CCn1cnnc1SCC(=O)Nc1ccc(C)c(Br)c1. The van der Waals surface area contributed by atoms with Crippen molar-refractivity contribution in [3.05, 3.63) is 34.6 Å². The minimum absolute atomic E-state index is 0.0589. The average molecular weight is 355 g/mol. The molecule has 0 aliphatic carbocycles. The molecule has 1 aromatic heterocycles. The number of amides is 1. The highest BCUT2D eigenvalue weighted by molar-refractivity contribution is 9.10. The van der Waals surface area contributed by atoms with Gasteiger partial charge in [-0.1, -0.05) is 33.8 Å². The lowest BCUT2D eigenvalue weighted by Crippen LogP contribution is -2.14. The van der Waals surface area contributed by atoms with Crippen LogP contribution in [-0.4, -0.2) is 26.4 Å². The van der Waals surface area contributed by atoms with Crippen molar-refractivity contribution in [3.63, 3.8) is 0 Å². The summed E-state index contributed by atoms with van der Waals surface area (Å²) in [5.74, 6) is 0.251. The van der Waals surface area contributed by atoms with Gasteiger partial charge in [-0.25, -0.2) is 0 Å². The number of nitrogens with one attached hydrogen (secondary N) is 1. The van der Waals surface area contributed by atoms with Gasteiger partial charge in [-0.15, -0.1) is 10.2 Å².